The molecular weight excluding hydrogens is 469 g/mol. The van der Waals surface area contributed by atoms with E-state index in [1.165, 1.54) is 23.9 Å². The normalized spacial score (nSPS) is 23.5. The summed E-state index contributed by atoms with van der Waals surface area (Å²) in [5, 5.41) is 42.1. The molecule has 4 atom stereocenters. The number of rotatable bonds is 6. The number of imidazole rings is 1. The van der Waals surface area contributed by atoms with E-state index >= 15 is 0 Å². The number of hydrogen-bond donors (Lipinski definition) is 3. The molecule has 164 valence electrons. The Morgan fingerprint density at radius 3 is 2.45 bits per heavy atom. The van der Waals surface area contributed by atoms with Gasteiger partial charge in [0.05, 0.1) is 32.6 Å². The smallest absolute Gasteiger partial charge is 0.269 e. The van der Waals surface area contributed by atoms with Crippen molar-refractivity contribution in [1.82, 2.24) is 9.55 Å². The molecule has 1 aliphatic rings. The van der Waals surface area contributed by atoms with Gasteiger partial charge in [-0.05, 0) is 17.7 Å². The van der Waals surface area contributed by atoms with Gasteiger partial charge in [-0.1, -0.05) is 47.1 Å². The molecule has 0 amide bonds. The van der Waals surface area contributed by atoms with E-state index in [1.807, 2.05) is 0 Å². The van der Waals surface area contributed by atoms with Crippen LogP contribution in [0.1, 0.15) is 11.8 Å². The Hall–Kier alpha value is -1.92. The second-order valence-corrected chi connectivity index (χ2v) is 8.72. The van der Waals surface area contributed by atoms with Gasteiger partial charge in [0.25, 0.3) is 5.69 Å². The fourth-order valence-corrected chi connectivity index (χ4v) is 4.68. The first kappa shape index (κ1) is 22.3. The van der Waals surface area contributed by atoms with Crippen LogP contribution in [0.3, 0.4) is 0 Å². The number of halogens is 2. The van der Waals surface area contributed by atoms with Crippen LogP contribution in [0.4, 0.5) is 5.69 Å². The minimum atomic E-state index is -1.30. The van der Waals surface area contributed by atoms with Crippen LogP contribution in [-0.2, 0) is 10.5 Å². The number of benzene rings is 2. The third kappa shape index (κ3) is 4.24. The van der Waals surface area contributed by atoms with Crippen LogP contribution >= 0.6 is 35.0 Å². The molecule has 3 aromatic rings. The van der Waals surface area contributed by atoms with Crippen molar-refractivity contribution in [3.8, 4) is 0 Å². The zero-order chi connectivity index (χ0) is 22.3. The lowest BCUT2D eigenvalue weighted by molar-refractivity contribution is -0.384. The number of ether oxygens (including phenoxy) is 1. The molecule has 2 aromatic carbocycles. The lowest BCUT2D eigenvalue weighted by Crippen LogP contribution is -2.33. The highest BCUT2D eigenvalue weighted by Crippen LogP contribution is 2.39. The van der Waals surface area contributed by atoms with Crippen LogP contribution in [0.15, 0.2) is 41.6 Å². The van der Waals surface area contributed by atoms with Gasteiger partial charge in [-0.2, -0.15) is 0 Å². The zero-order valence-corrected chi connectivity index (χ0v) is 18.1. The molecule has 0 saturated carbocycles. The van der Waals surface area contributed by atoms with Crippen molar-refractivity contribution in [2.24, 2.45) is 0 Å². The van der Waals surface area contributed by atoms with Crippen LogP contribution in [-0.4, -0.2) is 54.7 Å². The molecule has 1 aromatic heterocycles. The summed E-state index contributed by atoms with van der Waals surface area (Å²) in [6.07, 6.45) is -4.54. The van der Waals surface area contributed by atoms with Crippen molar-refractivity contribution < 1.29 is 25.0 Å². The van der Waals surface area contributed by atoms with Gasteiger partial charge in [0.2, 0.25) is 0 Å². The van der Waals surface area contributed by atoms with Gasteiger partial charge in [0.15, 0.2) is 11.4 Å². The van der Waals surface area contributed by atoms with Gasteiger partial charge < -0.3 is 20.1 Å². The first-order chi connectivity index (χ1) is 14.8. The molecule has 31 heavy (non-hydrogen) atoms. The minimum absolute atomic E-state index is 0.00298. The van der Waals surface area contributed by atoms with Gasteiger partial charge in [0, 0.05) is 17.9 Å². The van der Waals surface area contributed by atoms with Crippen LogP contribution in [0, 0.1) is 10.1 Å². The minimum Gasteiger partial charge on any atom is -0.394 e. The van der Waals surface area contributed by atoms with Crippen LogP contribution < -0.4 is 0 Å². The quantitative estimate of drug-likeness (QED) is 0.275. The summed E-state index contributed by atoms with van der Waals surface area (Å²) in [4.78, 5) is 14.9. The number of nitro benzene ring substituents is 1. The number of nitrogens with zero attached hydrogens (tertiary/aromatic N) is 3. The Balaban J connectivity index is 1.70. The van der Waals surface area contributed by atoms with E-state index in [9.17, 15) is 25.4 Å². The summed E-state index contributed by atoms with van der Waals surface area (Å²) < 4.78 is 7.31. The van der Waals surface area contributed by atoms with E-state index in [-0.39, 0.29) is 10.7 Å². The average Bonchev–Trinajstić information content (AvgIpc) is 3.23. The van der Waals surface area contributed by atoms with Crippen LogP contribution in [0.25, 0.3) is 11.0 Å². The Labute approximate surface area is 190 Å². The Kier molecular flexibility index (Phi) is 6.40. The molecule has 0 radical (unpaired) electrons. The number of fused-ring (bicyclic) bond motifs is 1. The number of hydrogen-bond acceptors (Lipinski definition) is 8. The molecule has 0 spiro atoms. The van der Waals surface area contributed by atoms with Gasteiger partial charge in [-0.3, -0.25) is 14.7 Å². The molecule has 2 heterocycles. The second-order valence-electron chi connectivity index (χ2n) is 6.96. The lowest BCUT2D eigenvalue weighted by Gasteiger charge is -2.20. The van der Waals surface area contributed by atoms with Gasteiger partial charge >= 0.3 is 0 Å². The third-order valence-corrected chi connectivity index (χ3v) is 6.73. The summed E-state index contributed by atoms with van der Waals surface area (Å²) in [6, 6.07) is 9.33. The molecular formula is C19H17Cl2N3O6S. The molecule has 9 nitrogen and oxygen atoms in total. The van der Waals surface area contributed by atoms with Crippen molar-refractivity contribution in [2.75, 3.05) is 6.61 Å². The fraction of sp³-hybridized carbons (Fsp3) is 0.316. The zero-order valence-electron chi connectivity index (χ0n) is 15.8. The average molecular weight is 486 g/mol. The summed E-state index contributed by atoms with van der Waals surface area (Å²) in [7, 11) is 0. The fourth-order valence-electron chi connectivity index (χ4n) is 3.37. The van der Waals surface area contributed by atoms with Crippen molar-refractivity contribution >= 4 is 51.7 Å². The predicted octanol–water partition coefficient (Wildman–Crippen LogP) is 3.16. The van der Waals surface area contributed by atoms with Crippen molar-refractivity contribution in [3.63, 3.8) is 0 Å². The molecule has 0 unspecified atom stereocenters. The van der Waals surface area contributed by atoms with Gasteiger partial charge in [0.1, 0.15) is 18.3 Å². The van der Waals surface area contributed by atoms with E-state index < -0.39 is 36.1 Å². The Morgan fingerprint density at radius 2 is 1.84 bits per heavy atom. The first-order valence-electron chi connectivity index (χ1n) is 9.15. The number of thioether (sulfide) groups is 1. The maximum atomic E-state index is 10.8. The highest BCUT2D eigenvalue weighted by atomic mass is 35.5. The highest BCUT2D eigenvalue weighted by molar-refractivity contribution is 7.98. The monoisotopic (exact) mass is 485 g/mol. The SMILES string of the molecule is O=[N+]([O-])c1ccc(CSc2nc3cc(Cl)c(Cl)cc3n2[C@@H]2O[C@H](CO)[C@@H](O)[C@H]2O)cc1. The van der Waals surface area contributed by atoms with E-state index in [4.69, 9.17) is 27.9 Å². The first-order valence-corrected chi connectivity index (χ1v) is 10.9. The Morgan fingerprint density at radius 1 is 1.16 bits per heavy atom. The maximum absolute atomic E-state index is 10.8. The Bertz CT molecular complexity index is 1130. The molecule has 0 bridgehead atoms. The molecule has 1 fully saturated rings. The number of nitro groups is 1. The van der Waals surface area contributed by atoms with Crippen molar-refractivity contribution in [3.05, 3.63) is 62.1 Å². The third-order valence-electron chi connectivity index (χ3n) is 4.99. The number of aliphatic hydroxyl groups is 3. The maximum Gasteiger partial charge on any atom is 0.269 e. The van der Waals surface area contributed by atoms with Gasteiger partial charge in [-0.25, -0.2) is 4.98 Å². The molecule has 12 heteroatoms. The highest BCUT2D eigenvalue weighted by Gasteiger charge is 2.44. The number of aromatic nitrogens is 2. The van der Waals surface area contributed by atoms with Crippen molar-refractivity contribution in [1.29, 1.82) is 0 Å². The second kappa shape index (κ2) is 8.91. The van der Waals surface area contributed by atoms with Crippen LogP contribution in [0.2, 0.25) is 10.0 Å². The van der Waals surface area contributed by atoms with Crippen molar-refractivity contribution in [2.45, 2.75) is 35.4 Å². The molecule has 3 N–H and O–H groups in total. The summed E-state index contributed by atoms with van der Waals surface area (Å²) in [5.41, 5.74) is 1.87. The molecule has 1 aliphatic heterocycles. The van der Waals surface area contributed by atoms with Gasteiger partial charge in [-0.15, -0.1) is 0 Å². The predicted molar refractivity (Wildman–Crippen MR) is 115 cm³/mol. The van der Waals surface area contributed by atoms with Crippen LogP contribution in [0.5, 0.6) is 0 Å². The standard InChI is InChI=1S/C19H17Cl2N3O6S/c20-11-5-13-14(6-12(11)21)23(18-17(27)16(26)15(7-25)30-18)19(22-13)31-8-9-1-3-10(4-2-9)24(28)29/h1-6,15-18,25-27H,7-8H2/t15-,16-,17-,18-/m1/s1. The number of aliphatic hydroxyl groups excluding tert-OH is 3. The van der Waals surface area contributed by atoms with E-state index in [0.717, 1.165) is 5.56 Å². The summed E-state index contributed by atoms with van der Waals surface area (Å²) in [5.74, 6) is 0.428. The lowest BCUT2D eigenvalue weighted by atomic mass is 10.1. The molecule has 4 rings (SSSR count). The molecule has 1 saturated heterocycles. The van der Waals surface area contributed by atoms with E-state index in [1.54, 1.807) is 28.8 Å². The number of non-ortho nitro benzene ring substituents is 1. The topological polar surface area (TPSA) is 131 Å². The van der Waals surface area contributed by atoms with E-state index in [0.29, 0.717) is 27.0 Å². The van der Waals surface area contributed by atoms with E-state index in [2.05, 4.69) is 4.98 Å². The summed E-state index contributed by atoms with van der Waals surface area (Å²) in [6.45, 7) is -0.459. The summed E-state index contributed by atoms with van der Waals surface area (Å²) >= 11 is 13.6. The largest absolute Gasteiger partial charge is 0.394 e. The molecule has 0 aliphatic carbocycles.